The van der Waals surface area contributed by atoms with Gasteiger partial charge in [-0.3, -0.25) is 9.69 Å². The summed E-state index contributed by atoms with van der Waals surface area (Å²) in [6, 6.07) is 10.1. The number of ether oxygens (including phenoxy) is 1. The minimum Gasteiger partial charge on any atom is -0.465 e. The molecular formula is C18H22N2O3S. The van der Waals surface area contributed by atoms with Gasteiger partial charge in [-0.15, -0.1) is 11.3 Å². The first-order valence-electron chi connectivity index (χ1n) is 7.75. The van der Waals surface area contributed by atoms with Crippen LogP contribution in [0.4, 0.5) is 5.69 Å². The third kappa shape index (κ3) is 4.91. The molecule has 1 heterocycles. The first-order valence-corrected chi connectivity index (χ1v) is 8.63. The number of hydrogen-bond acceptors (Lipinski definition) is 5. The molecule has 1 N–H and O–H groups in total. The SMILES string of the molecule is CCc1ccc(CN(C)CC(=O)Nc2ccsc2C(=O)OC)cc1. The molecule has 5 nitrogen and oxygen atoms in total. The van der Waals surface area contributed by atoms with Crippen LogP contribution in [0.25, 0.3) is 0 Å². The maximum Gasteiger partial charge on any atom is 0.350 e. The van der Waals surface area contributed by atoms with E-state index in [-0.39, 0.29) is 12.5 Å². The molecule has 0 spiro atoms. The van der Waals surface area contributed by atoms with Gasteiger partial charge in [0.2, 0.25) is 5.91 Å². The van der Waals surface area contributed by atoms with Gasteiger partial charge in [0.15, 0.2) is 0 Å². The molecule has 0 saturated carbocycles. The molecule has 0 fully saturated rings. The lowest BCUT2D eigenvalue weighted by atomic mass is 10.1. The molecule has 24 heavy (non-hydrogen) atoms. The van der Waals surface area contributed by atoms with E-state index in [0.717, 1.165) is 12.0 Å². The summed E-state index contributed by atoms with van der Waals surface area (Å²) in [6.45, 7) is 3.05. The Balaban J connectivity index is 1.89. The Labute approximate surface area is 146 Å². The maximum atomic E-state index is 12.2. The van der Waals surface area contributed by atoms with E-state index in [1.165, 1.54) is 24.0 Å². The minimum absolute atomic E-state index is 0.161. The summed E-state index contributed by atoms with van der Waals surface area (Å²) in [6.07, 6.45) is 1.02. The lowest BCUT2D eigenvalue weighted by molar-refractivity contribution is -0.117. The molecule has 2 aromatic rings. The Hall–Kier alpha value is -2.18. The highest BCUT2D eigenvalue weighted by atomic mass is 32.1. The van der Waals surface area contributed by atoms with Crippen molar-refractivity contribution in [3.8, 4) is 0 Å². The van der Waals surface area contributed by atoms with Crippen molar-refractivity contribution < 1.29 is 14.3 Å². The number of nitrogens with zero attached hydrogens (tertiary/aromatic N) is 1. The second-order valence-electron chi connectivity index (χ2n) is 5.55. The largest absolute Gasteiger partial charge is 0.465 e. The quantitative estimate of drug-likeness (QED) is 0.783. The number of nitrogens with one attached hydrogen (secondary N) is 1. The predicted molar refractivity (Wildman–Crippen MR) is 96.4 cm³/mol. The normalized spacial score (nSPS) is 10.7. The van der Waals surface area contributed by atoms with E-state index in [4.69, 9.17) is 4.74 Å². The van der Waals surface area contributed by atoms with Gasteiger partial charge in [-0.05, 0) is 36.0 Å². The van der Waals surface area contributed by atoms with Crippen LogP contribution in [-0.2, 0) is 22.5 Å². The van der Waals surface area contributed by atoms with Crippen LogP contribution in [0.15, 0.2) is 35.7 Å². The molecule has 0 aliphatic heterocycles. The Morgan fingerprint density at radius 1 is 1.17 bits per heavy atom. The minimum atomic E-state index is -0.440. The molecular weight excluding hydrogens is 324 g/mol. The Morgan fingerprint density at radius 3 is 2.46 bits per heavy atom. The topological polar surface area (TPSA) is 58.6 Å². The van der Waals surface area contributed by atoms with Gasteiger partial charge < -0.3 is 10.1 Å². The number of aryl methyl sites for hydroxylation is 1. The van der Waals surface area contributed by atoms with Crippen LogP contribution in [0, 0.1) is 0 Å². The zero-order chi connectivity index (χ0) is 17.5. The van der Waals surface area contributed by atoms with Gasteiger partial charge in [0.1, 0.15) is 4.88 Å². The second-order valence-corrected chi connectivity index (χ2v) is 6.46. The number of carbonyl (C=O) groups is 2. The fraction of sp³-hybridized carbons (Fsp3) is 0.333. The Morgan fingerprint density at radius 2 is 1.83 bits per heavy atom. The van der Waals surface area contributed by atoms with Crippen molar-refractivity contribution in [1.82, 2.24) is 4.90 Å². The molecule has 0 radical (unpaired) electrons. The van der Waals surface area contributed by atoms with Gasteiger partial charge in [-0.25, -0.2) is 4.79 Å². The zero-order valence-electron chi connectivity index (χ0n) is 14.2. The van der Waals surface area contributed by atoms with Gasteiger partial charge in [0.05, 0.1) is 19.3 Å². The van der Waals surface area contributed by atoms with Crippen LogP contribution in [0.5, 0.6) is 0 Å². The summed E-state index contributed by atoms with van der Waals surface area (Å²) < 4.78 is 4.71. The van der Waals surface area contributed by atoms with Crippen molar-refractivity contribution in [3.63, 3.8) is 0 Å². The summed E-state index contributed by atoms with van der Waals surface area (Å²) in [5.74, 6) is -0.601. The highest BCUT2D eigenvalue weighted by molar-refractivity contribution is 7.12. The average molecular weight is 346 g/mol. The van der Waals surface area contributed by atoms with Gasteiger partial charge in [-0.1, -0.05) is 31.2 Å². The van der Waals surface area contributed by atoms with Gasteiger partial charge in [-0.2, -0.15) is 0 Å². The van der Waals surface area contributed by atoms with Crippen molar-refractivity contribution in [2.45, 2.75) is 19.9 Å². The second kappa shape index (κ2) is 8.61. The maximum absolute atomic E-state index is 12.2. The standard InChI is InChI=1S/C18H22N2O3S/c1-4-13-5-7-14(8-6-13)11-20(2)12-16(21)19-15-9-10-24-17(15)18(22)23-3/h5-10H,4,11-12H2,1-3H3,(H,19,21). The summed E-state index contributed by atoms with van der Waals surface area (Å²) in [5, 5.41) is 4.52. The van der Waals surface area contributed by atoms with Crippen LogP contribution in [-0.4, -0.2) is 37.5 Å². The third-order valence-electron chi connectivity index (χ3n) is 3.61. The van der Waals surface area contributed by atoms with Gasteiger partial charge in [0, 0.05) is 6.54 Å². The van der Waals surface area contributed by atoms with Crippen molar-refractivity contribution >= 4 is 28.9 Å². The molecule has 1 aromatic heterocycles. The smallest absolute Gasteiger partial charge is 0.350 e. The zero-order valence-corrected chi connectivity index (χ0v) is 15.0. The molecule has 0 aliphatic carbocycles. The average Bonchev–Trinajstić information content (AvgIpc) is 3.02. The van der Waals surface area contributed by atoms with Crippen LogP contribution >= 0.6 is 11.3 Å². The molecule has 2 rings (SSSR count). The molecule has 0 aliphatic rings. The van der Waals surface area contributed by atoms with Crippen LogP contribution in [0.1, 0.15) is 27.7 Å². The molecule has 1 amide bonds. The fourth-order valence-corrected chi connectivity index (χ4v) is 3.11. The van der Waals surface area contributed by atoms with E-state index in [2.05, 4.69) is 36.5 Å². The van der Waals surface area contributed by atoms with Crippen LogP contribution in [0.2, 0.25) is 0 Å². The van der Waals surface area contributed by atoms with E-state index < -0.39 is 5.97 Å². The molecule has 128 valence electrons. The fourth-order valence-electron chi connectivity index (χ4n) is 2.34. The van der Waals surface area contributed by atoms with E-state index >= 15 is 0 Å². The van der Waals surface area contributed by atoms with E-state index in [9.17, 15) is 9.59 Å². The molecule has 0 unspecified atom stereocenters. The molecule has 0 saturated heterocycles. The number of thiophene rings is 1. The molecule has 1 aromatic carbocycles. The predicted octanol–water partition coefficient (Wildman–Crippen LogP) is 3.17. The highest BCUT2D eigenvalue weighted by Gasteiger charge is 2.16. The molecule has 0 bridgehead atoms. The summed E-state index contributed by atoms with van der Waals surface area (Å²) in [5.41, 5.74) is 2.96. The van der Waals surface area contributed by atoms with Crippen LogP contribution < -0.4 is 5.32 Å². The first-order chi connectivity index (χ1) is 11.5. The van der Waals surface area contributed by atoms with Crippen molar-refractivity contribution in [2.24, 2.45) is 0 Å². The van der Waals surface area contributed by atoms with Crippen LogP contribution in [0.3, 0.4) is 0 Å². The lowest BCUT2D eigenvalue weighted by Gasteiger charge is -2.16. The highest BCUT2D eigenvalue weighted by Crippen LogP contribution is 2.23. The third-order valence-corrected chi connectivity index (χ3v) is 4.50. The number of hydrogen-bond donors (Lipinski definition) is 1. The molecule has 6 heteroatoms. The van der Waals surface area contributed by atoms with Crippen molar-refractivity contribution in [1.29, 1.82) is 0 Å². The van der Waals surface area contributed by atoms with E-state index in [0.29, 0.717) is 17.1 Å². The summed E-state index contributed by atoms with van der Waals surface area (Å²) in [7, 11) is 3.22. The number of esters is 1. The van der Waals surface area contributed by atoms with E-state index in [1.54, 1.807) is 11.4 Å². The summed E-state index contributed by atoms with van der Waals surface area (Å²) in [4.78, 5) is 26.1. The van der Waals surface area contributed by atoms with Crippen molar-refractivity contribution in [3.05, 3.63) is 51.7 Å². The number of methoxy groups -OCH3 is 1. The van der Waals surface area contributed by atoms with E-state index in [1.807, 2.05) is 11.9 Å². The Kier molecular flexibility index (Phi) is 6.52. The number of carbonyl (C=O) groups excluding carboxylic acids is 2. The summed E-state index contributed by atoms with van der Waals surface area (Å²) >= 11 is 1.25. The lowest BCUT2D eigenvalue weighted by Crippen LogP contribution is -2.30. The van der Waals surface area contributed by atoms with Crippen molar-refractivity contribution in [2.75, 3.05) is 26.0 Å². The monoisotopic (exact) mass is 346 g/mol. The number of likely N-dealkylation sites (N-methyl/N-ethyl adjacent to an activating group) is 1. The Bertz CT molecular complexity index is 695. The molecule has 0 atom stereocenters. The number of rotatable bonds is 7. The number of amides is 1. The number of benzene rings is 1. The van der Waals surface area contributed by atoms with Gasteiger partial charge >= 0.3 is 5.97 Å². The first kappa shape index (κ1) is 18.2. The van der Waals surface area contributed by atoms with Gasteiger partial charge in [0.25, 0.3) is 0 Å². The number of anilines is 1.